The Hall–Kier alpha value is -2.02. The molecule has 1 nitrogen and oxygen atoms in total. The fraction of sp³-hybridized carbons (Fsp3) is 0. The average molecular weight is 196 g/mol. The zero-order chi connectivity index (χ0) is 10.5. The van der Waals surface area contributed by atoms with Crippen molar-refractivity contribution in [3.63, 3.8) is 0 Å². The van der Waals surface area contributed by atoms with Gasteiger partial charge < -0.3 is 5.11 Å². The first-order chi connectivity index (χ1) is 7.36. The molecule has 74 valence electrons. The van der Waals surface area contributed by atoms with Gasteiger partial charge in [-0.2, -0.15) is 0 Å². The molecule has 0 heterocycles. The molecule has 1 aromatic carbocycles. The smallest absolute Gasteiger partial charge is 0.122 e. The van der Waals surface area contributed by atoms with Gasteiger partial charge in [0.25, 0.3) is 0 Å². The van der Waals surface area contributed by atoms with Crippen molar-refractivity contribution in [3.8, 4) is 0 Å². The molecule has 0 aliphatic heterocycles. The topological polar surface area (TPSA) is 20.2 Å². The van der Waals surface area contributed by atoms with Gasteiger partial charge in [0.1, 0.15) is 5.76 Å². The van der Waals surface area contributed by atoms with Crippen molar-refractivity contribution in [2.24, 2.45) is 0 Å². The van der Waals surface area contributed by atoms with Crippen molar-refractivity contribution in [2.75, 3.05) is 0 Å². The van der Waals surface area contributed by atoms with Gasteiger partial charge >= 0.3 is 0 Å². The lowest BCUT2D eigenvalue weighted by Crippen LogP contribution is -1.80. The predicted molar refractivity (Wildman–Crippen MR) is 63.4 cm³/mol. The molecule has 0 unspecified atom stereocenters. The monoisotopic (exact) mass is 196 g/mol. The minimum Gasteiger partial charge on any atom is -0.507 e. The third kappa shape index (κ3) is 2.47. The lowest BCUT2D eigenvalue weighted by atomic mass is 10.1. The first kappa shape index (κ1) is 9.53. The molecule has 1 aromatic rings. The lowest BCUT2D eigenvalue weighted by Gasteiger charge is -1.97. The Morgan fingerprint density at radius 1 is 1.00 bits per heavy atom. The van der Waals surface area contributed by atoms with Crippen LogP contribution in [0.3, 0.4) is 0 Å². The molecule has 0 bridgehead atoms. The van der Waals surface area contributed by atoms with E-state index in [1.807, 2.05) is 60.7 Å². The molecule has 0 saturated carbocycles. The summed E-state index contributed by atoms with van der Waals surface area (Å²) in [6.07, 6.45) is 11.5. The Labute approximate surface area is 89.4 Å². The molecular weight excluding hydrogens is 184 g/mol. The van der Waals surface area contributed by atoms with Crippen LogP contribution in [0.4, 0.5) is 0 Å². The first-order valence-corrected chi connectivity index (χ1v) is 4.87. The molecule has 2 rings (SSSR count). The van der Waals surface area contributed by atoms with Crippen molar-refractivity contribution >= 4 is 5.76 Å². The van der Waals surface area contributed by atoms with Crippen LogP contribution in [0.25, 0.3) is 5.76 Å². The van der Waals surface area contributed by atoms with E-state index in [0.717, 1.165) is 11.1 Å². The highest BCUT2D eigenvalue weighted by Crippen LogP contribution is 2.13. The number of benzene rings is 1. The second-order valence-corrected chi connectivity index (χ2v) is 3.30. The largest absolute Gasteiger partial charge is 0.507 e. The Bertz CT molecular complexity index is 433. The third-order valence-corrected chi connectivity index (χ3v) is 2.19. The SMILES string of the molecule is O/C(=C\C=C1C=CC=C1)c1ccccc1. The first-order valence-electron chi connectivity index (χ1n) is 4.87. The number of allylic oxidation sites excluding steroid dienone is 7. The van der Waals surface area contributed by atoms with Crippen LogP contribution in [0.5, 0.6) is 0 Å². The fourth-order valence-corrected chi connectivity index (χ4v) is 1.38. The van der Waals surface area contributed by atoms with Gasteiger partial charge in [-0.1, -0.05) is 60.7 Å². The van der Waals surface area contributed by atoms with Crippen LogP contribution >= 0.6 is 0 Å². The molecule has 0 saturated heterocycles. The number of rotatable bonds is 2. The average Bonchev–Trinajstić information content (AvgIpc) is 2.80. The van der Waals surface area contributed by atoms with Gasteiger partial charge in [0.2, 0.25) is 0 Å². The molecule has 0 aromatic heterocycles. The molecule has 1 aliphatic carbocycles. The van der Waals surface area contributed by atoms with Gasteiger partial charge in [-0.25, -0.2) is 0 Å². The van der Waals surface area contributed by atoms with Crippen LogP contribution in [-0.2, 0) is 0 Å². The highest BCUT2D eigenvalue weighted by atomic mass is 16.3. The zero-order valence-corrected chi connectivity index (χ0v) is 8.30. The van der Waals surface area contributed by atoms with Crippen molar-refractivity contribution in [1.82, 2.24) is 0 Å². The molecule has 1 N–H and O–H groups in total. The Balaban J connectivity index is 2.18. The van der Waals surface area contributed by atoms with Crippen LogP contribution < -0.4 is 0 Å². The van der Waals surface area contributed by atoms with E-state index in [4.69, 9.17) is 0 Å². The summed E-state index contributed by atoms with van der Waals surface area (Å²) in [5, 5.41) is 9.75. The molecule has 1 aliphatic rings. The van der Waals surface area contributed by atoms with Crippen LogP contribution in [0.1, 0.15) is 5.56 Å². The van der Waals surface area contributed by atoms with E-state index in [2.05, 4.69) is 0 Å². The molecule has 0 radical (unpaired) electrons. The predicted octanol–water partition coefficient (Wildman–Crippen LogP) is 3.64. The number of hydrogen-bond acceptors (Lipinski definition) is 1. The molecule has 15 heavy (non-hydrogen) atoms. The van der Waals surface area contributed by atoms with E-state index in [1.165, 1.54) is 0 Å². The van der Waals surface area contributed by atoms with Gasteiger partial charge in [-0.15, -0.1) is 0 Å². The summed E-state index contributed by atoms with van der Waals surface area (Å²) in [6, 6.07) is 9.50. The highest BCUT2D eigenvalue weighted by molar-refractivity contribution is 5.60. The fourth-order valence-electron chi connectivity index (χ4n) is 1.38. The van der Waals surface area contributed by atoms with Gasteiger partial charge in [0.15, 0.2) is 0 Å². The van der Waals surface area contributed by atoms with E-state index in [0.29, 0.717) is 0 Å². The van der Waals surface area contributed by atoms with E-state index in [1.54, 1.807) is 6.08 Å². The maximum atomic E-state index is 9.75. The second-order valence-electron chi connectivity index (χ2n) is 3.30. The van der Waals surface area contributed by atoms with Crippen LogP contribution in [-0.4, -0.2) is 5.11 Å². The molecule has 0 spiro atoms. The second kappa shape index (κ2) is 4.47. The Morgan fingerprint density at radius 2 is 1.67 bits per heavy atom. The standard InChI is InChI=1S/C14H12O/c15-14(13-8-2-1-3-9-13)11-10-12-6-4-5-7-12/h1-11,15H/b14-11-. The summed E-state index contributed by atoms with van der Waals surface area (Å²) in [7, 11) is 0. The van der Waals surface area contributed by atoms with Gasteiger partial charge in [0.05, 0.1) is 0 Å². The Morgan fingerprint density at radius 3 is 2.33 bits per heavy atom. The van der Waals surface area contributed by atoms with E-state index >= 15 is 0 Å². The molecular formula is C14H12O. The van der Waals surface area contributed by atoms with E-state index in [-0.39, 0.29) is 5.76 Å². The van der Waals surface area contributed by atoms with Crippen molar-refractivity contribution in [1.29, 1.82) is 0 Å². The summed E-state index contributed by atoms with van der Waals surface area (Å²) in [5.41, 5.74) is 1.93. The summed E-state index contributed by atoms with van der Waals surface area (Å²) >= 11 is 0. The van der Waals surface area contributed by atoms with E-state index in [9.17, 15) is 5.11 Å². The Kier molecular flexibility index (Phi) is 2.84. The normalized spacial score (nSPS) is 14.7. The van der Waals surface area contributed by atoms with Crippen LogP contribution in [0, 0.1) is 0 Å². The molecule has 0 amide bonds. The van der Waals surface area contributed by atoms with Crippen LogP contribution in [0.15, 0.2) is 72.4 Å². The van der Waals surface area contributed by atoms with Gasteiger partial charge in [0, 0.05) is 5.56 Å². The summed E-state index contributed by atoms with van der Waals surface area (Å²) in [5.74, 6) is 0.289. The maximum absolute atomic E-state index is 9.75. The summed E-state index contributed by atoms with van der Waals surface area (Å²) in [4.78, 5) is 0. The number of aliphatic hydroxyl groups excluding tert-OH is 1. The van der Waals surface area contributed by atoms with E-state index < -0.39 is 0 Å². The van der Waals surface area contributed by atoms with Crippen molar-refractivity contribution in [2.45, 2.75) is 0 Å². The zero-order valence-electron chi connectivity index (χ0n) is 8.30. The van der Waals surface area contributed by atoms with Gasteiger partial charge in [-0.05, 0) is 11.6 Å². The van der Waals surface area contributed by atoms with Crippen molar-refractivity contribution in [3.05, 3.63) is 77.9 Å². The lowest BCUT2D eigenvalue weighted by molar-refractivity contribution is 0.512. The minimum atomic E-state index is 0.289. The quantitative estimate of drug-likeness (QED) is 0.716. The van der Waals surface area contributed by atoms with Crippen molar-refractivity contribution < 1.29 is 5.11 Å². The summed E-state index contributed by atoms with van der Waals surface area (Å²) < 4.78 is 0. The van der Waals surface area contributed by atoms with Crippen LogP contribution in [0.2, 0.25) is 0 Å². The minimum absolute atomic E-state index is 0.289. The van der Waals surface area contributed by atoms with Gasteiger partial charge in [-0.3, -0.25) is 0 Å². The third-order valence-electron chi connectivity index (χ3n) is 2.19. The maximum Gasteiger partial charge on any atom is 0.122 e. The highest BCUT2D eigenvalue weighted by Gasteiger charge is 1.95. The number of aliphatic hydroxyl groups is 1. The summed E-state index contributed by atoms with van der Waals surface area (Å²) in [6.45, 7) is 0. The number of hydrogen-bond donors (Lipinski definition) is 1. The molecule has 1 heteroatoms. The molecule has 0 fully saturated rings. The molecule has 0 atom stereocenters.